The van der Waals surface area contributed by atoms with Gasteiger partial charge in [-0.2, -0.15) is 0 Å². The maximum atomic E-state index is 12.0. The van der Waals surface area contributed by atoms with E-state index in [2.05, 4.69) is 16.9 Å². The van der Waals surface area contributed by atoms with Crippen LogP contribution in [0.3, 0.4) is 0 Å². The highest BCUT2D eigenvalue weighted by molar-refractivity contribution is 5.75. The number of rotatable bonds is 6. The van der Waals surface area contributed by atoms with Gasteiger partial charge in [-0.05, 0) is 43.2 Å². The molecule has 1 aromatic heterocycles. The Kier molecular flexibility index (Phi) is 3.95. The fourth-order valence-electron chi connectivity index (χ4n) is 2.96. The van der Waals surface area contributed by atoms with Gasteiger partial charge in [-0.15, -0.1) is 0 Å². The number of hydrogen-bond donors (Lipinski definition) is 2. The molecule has 1 fully saturated rings. The number of nitrogens with one attached hydrogen (secondary N) is 1. The first-order valence-electron chi connectivity index (χ1n) is 7.85. The zero-order valence-electron chi connectivity index (χ0n) is 12.4. The molecule has 1 heterocycles. The van der Waals surface area contributed by atoms with Crippen LogP contribution in [-0.4, -0.2) is 15.1 Å². The third-order valence-corrected chi connectivity index (χ3v) is 4.51. The molecule has 0 saturated heterocycles. The summed E-state index contributed by atoms with van der Waals surface area (Å²) >= 11 is 0. The average Bonchev–Trinajstić information content (AvgIpc) is 3.15. The lowest BCUT2D eigenvalue weighted by Crippen LogP contribution is -2.15. The predicted molar refractivity (Wildman–Crippen MR) is 83.5 cm³/mol. The van der Waals surface area contributed by atoms with E-state index in [1.807, 2.05) is 0 Å². The highest BCUT2D eigenvalue weighted by atomic mass is 16.3. The number of benzene rings is 1. The molecular weight excluding hydrogens is 264 g/mol. The van der Waals surface area contributed by atoms with Crippen LogP contribution < -0.4 is 5.56 Å². The minimum atomic E-state index is -0.135. The molecule has 2 aromatic rings. The van der Waals surface area contributed by atoms with Crippen LogP contribution in [0.5, 0.6) is 5.75 Å². The Bertz CT molecular complexity index is 693. The summed E-state index contributed by atoms with van der Waals surface area (Å²) in [7, 11) is 0. The number of H-pyrrole nitrogens is 1. The summed E-state index contributed by atoms with van der Waals surface area (Å²) in [5.74, 6) is 2.04. The molecule has 1 aliphatic carbocycles. The molecule has 112 valence electrons. The number of phenols is 1. The molecule has 3 rings (SSSR count). The van der Waals surface area contributed by atoms with Gasteiger partial charge < -0.3 is 10.1 Å². The van der Waals surface area contributed by atoms with Crippen LogP contribution in [0, 0.1) is 11.8 Å². The molecule has 1 aliphatic rings. The Morgan fingerprint density at radius 3 is 2.90 bits per heavy atom. The second kappa shape index (κ2) is 5.88. The van der Waals surface area contributed by atoms with E-state index >= 15 is 0 Å². The van der Waals surface area contributed by atoms with Crippen molar-refractivity contribution >= 4 is 11.0 Å². The Hall–Kier alpha value is -1.84. The summed E-state index contributed by atoms with van der Waals surface area (Å²) in [4.78, 5) is 19.2. The van der Waals surface area contributed by atoms with Gasteiger partial charge in [0.25, 0.3) is 5.56 Å². The number of aryl methyl sites for hydroxylation is 1. The second-order valence-electron chi connectivity index (χ2n) is 6.29. The van der Waals surface area contributed by atoms with Crippen molar-refractivity contribution in [2.45, 2.75) is 45.4 Å². The topological polar surface area (TPSA) is 66.0 Å². The van der Waals surface area contributed by atoms with E-state index in [4.69, 9.17) is 0 Å². The number of nitrogens with zero attached hydrogens (tertiary/aromatic N) is 1. The summed E-state index contributed by atoms with van der Waals surface area (Å²) in [5, 5.41) is 9.41. The lowest BCUT2D eigenvalue weighted by Gasteiger charge is -2.03. The standard InChI is InChI=1S/C17H22N2O2/c1-11-9-12(11)5-3-2-4-6-15-17(21)19-16-10-13(20)7-8-14(16)18-15/h7-8,10-12,20H,2-6,9H2,1H3,(H,19,21). The average molecular weight is 286 g/mol. The van der Waals surface area contributed by atoms with E-state index in [-0.39, 0.29) is 11.3 Å². The van der Waals surface area contributed by atoms with Gasteiger partial charge in [0.15, 0.2) is 0 Å². The molecule has 0 amide bonds. The molecule has 0 spiro atoms. The maximum absolute atomic E-state index is 12.0. The fourth-order valence-corrected chi connectivity index (χ4v) is 2.96. The number of aromatic nitrogens is 2. The van der Waals surface area contributed by atoms with Crippen molar-refractivity contribution in [3.63, 3.8) is 0 Å². The van der Waals surface area contributed by atoms with Crippen LogP contribution in [0.15, 0.2) is 23.0 Å². The monoisotopic (exact) mass is 286 g/mol. The SMILES string of the molecule is CC1CC1CCCCCc1nc2ccc(O)cc2[nH]c1=O. The van der Waals surface area contributed by atoms with Gasteiger partial charge in [-0.25, -0.2) is 4.98 Å². The van der Waals surface area contributed by atoms with Gasteiger partial charge in [0, 0.05) is 6.07 Å². The number of hydrogen-bond acceptors (Lipinski definition) is 3. The summed E-state index contributed by atoms with van der Waals surface area (Å²) in [6.45, 7) is 2.32. The van der Waals surface area contributed by atoms with E-state index in [1.165, 1.54) is 25.3 Å². The van der Waals surface area contributed by atoms with E-state index in [1.54, 1.807) is 12.1 Å². The summed E-state index contributed by atoms with van der Waals surface area (Å²) in [6, 6.07) is 4.86. The minimum absolute atomic E-state index is 0.135. The molecule has 4 heteroatoms. The van der Waals surface area contributed by atoms with Gasteiger partial charge in [0.1, 0.15) is 11.4 Å². The van der Waals surface area contributed by atoms with Crippen LogP contribution >= 0.6 is 0 Å². The summed E-state index contributed by atoms with van der Waals surface area (Å²) in [5.41, 5.74) is 1.79. The highest BCUT2D eigenvalue weighted by Gasteiger charge is 2.31. The van der Waals surface area contributed by atoms with E-state index in [0.29, 0.717) is 11.2 Å². The first-order valence-corrected chi connectivity index (χ1v) is 7.85. The Morgan fingerprint density at radius 1 is 1.33 bits per heavy atom. The van der Waals surface area contributed by atoms with Crippen molar-refractivity contribution in [2.75, 3.05) is 0 Å². The molecule has 2 unspecified atom stereocenters. The van der Waals surface area contributed by atoms with Gasteiger partial charge in [-0.1, -0.05) is 26.2 Å². The predicted octanol–water partition coefficient (Wildman–Crippen LogP) is 3.39. The molecule has 0 radical (unpaired) electrons. The lowest BCUT2D eigenvalue weighted by molar-refractivity contribution is 0.476. The van der Waals surface area contributed by atoms with Gasteiger partial charge >= 0.3 is 0 Å². The molecule has 2 N–H and O–H groups in total. The highest BCUT2D eigenvalue weighted by Crippen LogP contribution is 2.41. The van der Waals surface area contributed by atoms with E-state index < -0.39 is 0 Å². The third kappa shape index (κ3) is 3.43. The molecule has 2 atom stereocenters. The van der Waals surface area contributed by atoms with Crippen molar-refractivity contribution in [3.8, 4) is 5.75 Å². The van der Waals surface area contributed by atoms with Crippen LogP contribution in [0.2, 0.25) is 0 Å². The van der Waals surface area contributed by atoms with Crippen molar-refractivity contribution in [1.82, 2.24) is 9.97 Å². The Labute approximate surface area is 124 Å². The summed E-state index contributed by atoms with van der Waals surface area (Å²) < 4.78 is 0. The normalized spacial score (nSPS) is 20.8. The number of unbranched alkanes of at least 4 members (excludes halogenated alkanes) is 2. The fraction of sp³-hybridized carbons (Fsp3) is 0.529. The van der Waals surface area contributed by atoms with E-state index in [9.17, 15) is 9.90 Å². The number of fused-ring (bicyclic) bond motifs is 1. The van der Waals surface area contributed by atoms with Crippen LogP contribution in [-0.2, 0) is 6.42 Å². The van der Waals surface area contributed by atoms with Crippen LogP contribution in [0.1, 0.15) is 44.7 Å². The summed E-state index contributed by atoms with van der Waals surface area (Å²) in [6.07, 6.45) is 6.90. The zero-order chi connectivity index (χ0) is 14.8. The molecule has 4 nitrogen and oxygen atoms in total. The lowest BCUT2D eigenvalue weighted by atomic mass is 10.1. The Morgan fingerprint density at radius 2 is 2.14 bits per heavy atom. The van der Waals surface area contributed by atoms with E-state index in [0.717, 1.165) is 36.6 Å². The molecule has 0 aliphatic heterocycles. The number of phenolic OH excluding ortho intramolecular Hbond substituents is 1. The van der Waals surface area contributed by atoms with Crippen molar-refractivity contribution < 1.29 is 5.11 Å². The van der Waals surface area contributed by atoms with Crippen LogP contribution in [0.25, 0.3) is 11.0 Å². The second-order valence-corrected chi connectivity index (χ2v) is 6.29. The van der Waals surface area contributed by atoms with Crippen molar-refractivity contribution in [3.05, 3.63) is 34.2 Å². The molecule has 1 aromatic carbocycles. The molecular formula is C17H22N2O2. The smallest absolute Gasteiger partial charge is 0.270 e. The van der Waals surface area contributed by atoms with Crippen molar-refractivity contribution in [2.24, 2.45) is 11.8 Å². The molecule has 1 saturated carbocycles. The zero-order valence-corrected chi connectivity index (χ0v) is 12.4. The number of aromatic hydroxyl groups is 1. The van der Waals surface area contributed by atoms with Crippen molar-refractivity contribution in [1.29, 1.82) is 0 Å². The van der Waals surface area contributed by atoms with Gasteiger partial charge in [0.2, 0.25) is 0 Å². The minimum Gasteiger partial charge on any atom is -0.508 e. The van der Waals surface area contributed by atoms with Gasteiger partial charge in [-0.3, -0.25) is 4.79 Å². The Balaban J connectivity index is 1.57. The molecule has 0 bridgehead atoms. The maximum Gasteiger partial charge on any atom is 0.270 e. The molecule has 21 heavy (non-hydrogen) atoms. The largest absolute Gasteiger partial charge is 0.508 e. The quantitative estimate of drug-likeness (QED) is 0.800. The first kappa shape index (κ1) is 14.1. The van der Waals surface area contributed by atoms with Crippen LogP contribution in [0.4, 0.5) is 0 Å². The third-order valence-electron chi connectivity index (χ3n) is 4.51. The van der Waals surface area contributed by atoms with Gasteiger partial charge in [0.05, 0.1) is 11.0 Å². The number of aromatic amines is 1. The first-order chi connectivity index (χ1) is 10.1.